The predicted octanol–water partition coefficient (Wildman–Crippen LogP) is 2.66. The lowest BCUT2D eigenvalue weighted by atomic mass is 9.75. The van der Waals surface area contributed by atoms with Gasteiger partial charge in [-0.05, 0) is 49.3 Å². The summed E-state index contributed by atoms with van der Waals surface area (Å²) < 4.78 is 15.6. The molecule has 170 valence electrons. The molecule has 1 aromatic heterocycles. The molecule has 4 rings (SSSR count). The monoisotopic (exact) mass is 441 g/mol. The molecule has 2 aromatic rings. The average molecular weight is 442 g/mol. The van der Waals surface area contributed by atoms with E-state index in [1.54, 1.807) is 36.1 Å². The summed E-state index contributed by atoms with van der Waals surface area (Å²) in [5.41, 5.74) is -0.385. The number of hydrogen-bond donors (Lipinski definition) is 2. The first-order chi connectivity index (χ1) is 15.3. The molecule has 9 heteroatoms. The van der Waals surface area contributed by atoms with Crippen LogP contribution in [0.3, 0.4) is 0 Å². The van der Waals surface area contributed by atoms with E-state index in [1.165, 1.54) is 12.1 Å². The Bertz CT molecular complexity index is 1030. The average Bonchev–Trinajstić information content (AvgIpc) is 3.29. The standard InChI is InChI=1S/C23H28FN5O3/c1-3-15-7-9-23(10-8-15)21(31)29(22(32)27-23)14-18(30)26-19(20-25-11-12-28(20)2)16-5-4-6-17(24)13-16/h4-6,11-13,15,19H,3,7-10,14H2,1-2H3,(H,26,30)(H,27,32). The summed E-state index contributed by atoms with van der Waals surface area (Å²) in [5, 5.41) is 5.66. The van der Waals surface area contributed by atoms with Crippen LogP contribution in [0.1, 0.15) is 56.5 Å². The highest BCUT2D eigenvalue weighted by molar-refractivity contribution is 6.09. The SMILES string of the molecule is CCC1CCC2(CC1)NC(=O)N(CC(=O)NC(c1cccc(F)c1)c1nccn1C)C2=O. The molecule has 2 aliphatic rings. The van der Waals surface area contributed by atoms with Gasteiger partial charge in [-0.3, -0.25) is 14.5 Å². The molecule has 4 amide bonds. The number of aryl methyl sites for hydroxylation is 1. The molecular formula is C23H28FN5O3. The summed E-state index contributed by atoms with van der Waals surface area (Å²) in [6.07, 6.45) is 7.30. The van der Waals surface area contributed by atoms with Gasteiger partial charge in [0, 0.05) is 19.4 Å². The molecule has 0 bridgehead atoms. The number of rotatable bonds is 6. The molecule has 1 aliphatic carbocycles. The van der Waals surface area contributed by atoms with Gasteiger partial charge in [-0.15, -0.1) is 0 Å². The van der Waals surface area contributed by atoms with E-state index in [9.17, 15) is 18.8 Å². The molecule has 1 atom stereocenters. The molecule has 32 heavy (non-hydrogen) atoms. The number of nitrogens with zero attached hydrogens (tertiary/aromatic N) is 3. The van der Waals surface area contributed by atoms with Gasteiger partial charge >= 0.3 is 6.03 Å². The molecule has 1 saturated carbocycles. The van der Waals surface area contributed by atoms with Crippen molar-refractivity contribution in [2.45, 2.75) is 50.6 Å². The highest BCUT2D eigenvalue weighted by atomic mass is 19.1. The minimum absolute atomic E-state index is 0.341. The van der Waals surface area contributed by atoms with Crippen molar-refractivity contribution in [3.05, 3.63) is 53.9 Å². The smallest absolute Gasteiger partial charge is 0.325 e. The molecule has 1 saturated heterocycles. The minimum atomic E-state index is -0.898. The maximum absolute atomic E-state index is 13.8. The Balaban J connectivity index is 1.49. The second kappa shape index (κ2) is 8.72. The van der Waals surface area contributed by atoms with Crippen LogP contribution in [0.25, 0.3) is 0 Å². The van der Waals surface area contributed by atoms with Gasteiger partial charge in [0.1, 0.15) is 29.8 Å². The maximum Gasteiger partial charge on any atom is 0.325 e. The van der Waals surface area contributed by atoms with Crippen molar-refractivity contribution in [2.24, 2.45) is 13.0 Å². The Kier molecular flexibility index (Phi) is 5.99. The molecule has 2 heterocycles. The van der Waals surface area contributed by atoms with Crippen molar-refractivity contribution >= 4 is 17.8 Å². The van der Waals surface area contributed by atoms with Gasteiger partial charge in [0.25, 0.3) is 5.91 Å². The lowest BCUT2D eigenvalue weighted by molar-refractivity contribution is -0.136. The summed E-state index contributed by atoms with van der Waals surface area (Å²) in [6, 6.07) is 4.63. The third kappa shape index (κ3) is 4.11. The molecule has 2 fully saturated rings. The van der Waals surface area contributed by atoms with Crippen LogP contribution in [-0.4, -0.2) is 44.4 Å². The topological polar surface area (TPSA) is 96.3 Å². The van der Waals surface area contributed by atoms with Gasteiger partial charge in [0.2, 0.25) is 5.91 Å². The van der Waals surface area contributed by atoms with E-state index in [1.807, 2.05) is 0 Å². The van der Waals surface area contributed by atoms with Gasteiger partial charge < -0.3 is 15.2 Å². The van der Waals surface area contributed by atoms with E-state index in [0.717, 1.165) is 24.2 Å². The highest BCUT2D eigenvalue weighted by Crippen LogP contribution is 2.37. The van der Waals surface area contributed by atoms with Gasteiger partial charge in [-0.2, -0.15) is 0 Å². The van der Waals surface area contributed by atoms with Crippen LogP contribution in [-0.2, 0) is 16.6 Å². The zero-order valence-corrected chi connectivity index (χ0v) is 18.3. The molecule has 8 nitrogen and oxygen atoms in total. The van der Waals surface area contributed by atoms with Crippen molar-refractivity contribution in [1.82, 2.24) is 25.1 Å². The van der Waals surface area contributed by atoms with Crippen molar-refractivity contribution in [3.8, 4) is 0 Å². The second-order valence-electron chi connectivity index (χ2n) is 8.71. The number of urea groups is 1. The number of carbonyl (C=O) groups excluding carboxylic acids is 3. The quantitative estimate of drug-likeness (QED) is 0.674. The maximum atomic E-state index is 13.8. The Hall–Kier alpha value is -3.23. The van der Waals surface area contributed by atoms with Crippen LogP contribution >= 0.6 is 0 Å². The Morgan fingerprint density at radius 2 is 2.09 bits per heavy atom. The number of benzene rings is 1. The Labute approximate surface area is 186 Å². The molecule has 1 aliphatic heterocycles. The lowest BCUT2D eigenvalue weighted by Gasteiger charge is -2.34. The Morgan fingerprint density at radius 3 is 2.72 bits per heavy atom. The number of amides is 4. The largest absolute Gasteiger partial charge is 0.341 e. The first-order valence-electron chi connectivity index (χ1n) is 11.0. The van der Waals surface area contributed by atoms with Crippen molar-refractivity contribution in [3.63, 3.8) is 0 Å². The van der Waals surface area contributed by atoms with Gasteiger partial charge in [0.15, 0.2) is 0 Å². The highest BCUT2D eigenvalue weighted by Gasteiger charge is 2.52. The number of aromatic nitrogens is 2. The fourth-order valence-corrected chi connectivity index (χ4v) is 4.73. The molecule has 1 aromatic carbocycles. The van der Waals surface area contributed by atoms with Crippen molar-refractivity contribution < 1.29 is 18.8 Å². The van der Waals surface area contributed by atoms with Crippen LogP contribution in [0.15, 0.2) is 36.7 Å². The van der Waals surface area contributed by atoms with Crippen LogP contribution in [0.2, 0.25) is 0 Å². The number of halogens is 1. The lowest BCUT2D eigenvalue weighted by Crippen LogP contribution is -2.50. The molecule has 1 spiro atoms. The summed E-state index contributed by atoms with van der Waals surface area (Å²) in [7, 11) is 1.77. The minimum Gasteiger partial charge on any atom is -0.341 e. The summed E-state index contributed by atoms with van der Waals surface area (Å²) in [5.74, 6) is -0.228. The van der Waals surface area contributed by atoms with Gasteiger partial charge in [-0.25, -0.2) is 14.2 Å². The number of nitrogens with one attached hydrogen (secondary N) is 2. The van der Waals surface area contributed by atoms with E-state index in [2.05, 4.69) is 22.5 Å². The first kappa shape index (κ1) is 22.0. The first-order valence-corrected chi connectivity index (χ1v) is 11.0. The Morgan fingerprint density at radius 1 is 1.34 bits per heavy atom. The van der Waals surface area contributed by atoms with Crippen molar-refractivity contribution in [1.29, 1.82) is 0 Å². The second-order valence-corrected chi connectivity index (χ2v) is 8.71. The molecular weight excluding hydrogens is 413 g/mol. The van der Waals surface area contributed by atoms with Crippen molar-refractivity contribution in [2.75, 3.05) is 6.54 Å². The van der Waals surface area contributed by atoms with E-state index in [0.29, 0.717) is 30.1 Å². The number of imidazole rings is 1. The predicted molar refractivity (Wildman–Crippen MR) is 115 cm³/mol. The molecule has 1 unspecified atom stereocenters. The van der Waals surface area contributed by atoms with E-state index >= 15 is 0 Å². The number of carbonyl (C=O) groups is 3. The molecule has 2 N–H and O–H groups in total. The third-order valence-corrected chi connectivity index (χ3v) is 6.69. The van der Waals surface area contributed by atoms with E-state index in [4.69, 9.17) is 0 Å². The zero-order valence-electron chi connectivity index (χ0n) is 18.3. The van der Waals surface area contributed by atoms with Crippen LogP contribution < -0.4 is 10.6 Å². The van der Waals surface area contributed by atoms with Crippen LogP contribution in [0.4, 0.5) is 9.18 Å². The fourth-order valence-electron chi connectivity index (χ4n) is 4.73. The van der Waals surface area contributed by atoms with Gasteiger partial charge in [0.05, 0.1) is 0 Å². The summed E-state index contributed by atoms with van der Waals surface area (Å²) in [4.78, 5) is 43.9. The molecule has 0 radical (unpaired) electrons. The number of imide groups is 1. The van der Waals surface area contributed by atoms with Crippen LogP contribution in [0.5, 0.6) is 0 Å². The van der Waals surface area contributed by atoms with E-state index < -0.39 is 35.9 Å². The summed E-state index contributed by atoms with van der Waals surface area (Å²) >= 11 is 0. The normalized spacial score (nSPS) is 24.0. The zero-order chi connectivity index (χ0) is 22.9. The van der Waals surface area contributed by atoms with E-state index in [-0.39, 0.29) is 5.91 Å². The third-order valence-electron chi connectivity index (χ3n) is 6.69. The van der Waals surface area contributed by atoms with Crippen LogP contribution in [0, 0.1) is 11.7 Å². The summed E-state index contributed by atoms with van der Waals surface area (Å²) in [6.45, 7) is 1.73. The number of hydrogen-bond acceptors (Lipinski definition) is 4. The fraction of sp³-hybridized carbons (Fsp3) is 0.478. The van der Waals surface area contributed by atoms with Gasteiger partial charge in [-0.1, -0.05) is 25.5 Å².